The Kier molecular flexibility index (Phi) is 5.09. The van der Waals surface area contributed by atoms with E-state index in [1.54, 1.807) is 24.5 Å². The molecule has 27 heavy (non-hydrogen) atoms. The summed E-state index contributed by atoms with van der Waals surface area (Å²) in [5, 5.41) is 1.70. The first-order valence-corrected chi connectivity index (χ1v) is 10.7. The van der Waals surface area contributed by atoms with Gasteiger partial charge in [0.25, 0.3) is 0 Å². The summed E-state index contributed by atoms with van der Waals surface area (Å²) >= 11 is 0. The zero-order valence-electron chi connectivity index (χ0n) is 15.1. The van der Waals surface area contributed by atoms with Gasteiger partial charge in [-0.15, -0.1) is 0 Å². The summed E-state index contributed by atoms with van der Waals surface area (Å²) in [6.07, 6.45) is 5.56. The number of pyridine rings is 1. The normalized spacial score (nSPS) is 15.9. The van der Waals surface area contributed by atoms with Crippen molar-refractivity contribution in [2.45, 2.75) is 17.7 Å². The number of hydrogen-bond donors (Lipinski definition) is 1. The van der Waals surface area contributed by atoms with Gasteiger partial charge in [0.1, 0.15) is 0 Å². The van der Waals surface area contributed by atoms with E-state index in [4.69, 9.17) is 0 Å². The zero-order valence-corrected chi connectivity index (χ0v) is 15.9. The van der Waals surface area contributed by atoms with Crippen LogP contribution in [0.2, 0.25) is 0 Å². The summed E-state index contributed by atoms with van der Waals surface area (Å²) in [6, 6.07) is 17.0. The maximum absolute atomic E-state index is 12.8. The Bertz CT molecular complexity index is 1010. The van der Waals surface area contributed by atoms with Crippen LogP contribution in [0.25, 0.3) is 10.8 Å². The smallest absolute Gasteiger partial charge is 0.241 e. The first-order valence-electron chi connectivity index (χ1n) is 9.26. The van der Waals surface area contributed by atoms with E-state index >= 15 is 0 Å². The monoisotopic (exact) mass is 381 g/mol. The lowest BCUT2D eigenvalue weighted by molar-refractivity contribution is 0.402. The first-order chi connectivity index (χ1) is 13.1. The van der Waals surface area contributed by atoms with Crippen molar-refractivity contribution in [1.29, 1.82) is 0 Å². The molecule has 1 N–H and O–H groups in total. The highest BCUT2D eigenvalue weighted by molar-refractivity contribution is 7.89. The van der Waals surface area contributed by atoms with E-state index in [9.17, 15) is 8.42 Å². The lowest BCUT2D eigenvalue weighted by Crippen LogP contribution is -2.38. The molecule has 0 saturated carbocycles. The fourth-order valence-corrected chi connectivity index (χ4v) is 5.03. The standard InChI is InChI=1S/C21H23N3O2S/c25-27(26,21-7-3-5-18-4-1-2-6-20(18)21)23-16-17-10-14-24(15-11-17)19-8-12-22-13-9-19/h1-9,12-13,17,23H,10-11,14-16H2. The van der Waals surface area contributed by atoms with Crippen molar-refractivity contribution >= 4 is 26.5 Å². The third kappa shape index (κ3) is 3.96. The first kappa shape index (κ1) is 17.9. The van der Waals surface area contributed by atoms with Crippen LogP contribution in [0.5, 0.6) is 0 Å². The van der Waals surface area contributed by atoms with Gasteiger partial charge < -0.3 is 4.90 Å². The third-order valence-electron chi connectivity index (χ3n) is 5.24. The molecule has 1 aromatic heterocycles. The highest BCUT2D eigenvalue weighted by Crippen LogP contribution is 2.25. The van der Waals surface area contributed by atoms with E-state index in [1.165, 1.54) is 5.69 Å². The van der Waals surface area contributed by atoms with Crippen LogP contribution in [-0.2, 0) is 10.0 Å². The van der Waals surface area contributed by atoms with Gasteiger partial charge in [0.2, 0.25) is 10.0 Å². The van der Waals surface area contributed by atoms with E-state index in [1.807, 2.05) is 42.5 Å². The van der Waals surface area contributed by atoms with Crippen molar-refractivity contribution in [2.24, 2.45) is 5.92 Å². The molecule has 0 spiro atoms. The summed E-state index contributed by atoms with van der Waals surface area (Å²) in [6.45, 7) is 2.35. The molecular weight excluding hydrogens is 358 g/mol. The second kappa shape index (κ2) is 7.66. The summed E-state index contributed by atoms with van der Waals surface area (Å²) in [4.78, 5) is 6.75. The van der Waals surface area contributed by atoms with Crippen LogP contribution in [-0.4, -0.2) is 33.0 Å². The maximum Gasteiger partial charge on any atom is 0.241 e. The Balaban J connectivity index is 1.40. The number of sulfonamides is 1. The predicted molar refractivity (Wildman–Crippen MR) is 108 cm³/mol. The minimum absolute atomic E-state index is 0.354. The second-order valence-electron chi connectivity index (χ2n) is 6.97. The van der Waals surface area contributed by atoms with E-state index in [-0.39, 0.29) is 0 Å². The van der Waals surface area contributed by atoms with Gasteiger partial charge in [0.15, 0.2) is 0 Å². The van der Waals surface area contributed by atoms with Crippen molar-refractivity contribution in [3.63, 3.8) is 0 Å². The van der Waals surface area contributed by atoms with Gasteiger partial charge in [-0.1, -0.05) is 36.4 Å². The number of benzene rings is 2. The fraction of sp³-hybridized carbons (Fsp3) is 0.286. The van der Waals surface area contributed by atoms with Gasteiger partial charge in [-0.2, -0.15) is 0 Å². The highest BCUT2D eigenvalue weighted by atomic mass is 32.2. The Morgan fingerprint density at radius 1 is 0.963 bits per heavy atom. The average Bonchev–Trinajstić information content (AvgIpc) is 2.73. The van der Waals surface area contributed by atoms with Crippen LogP contribution in [0, 0.1) is 5.92 Å². The topological polar surface area (TPSA) is 62.3 Å². The van der Waals surface area contributed by atoms with Crippen LogP contribution in [0.4, 0.5) is 5.69 Å². The van der Waals surface area contributed by atoms with Gasteiger partial charge in [0.05, 0.1) is 4.90 Å². The van der Waals surface area contributed by atoms with Crippen LogP contribution in [0.1, 0.15) is 12.8 Å². The van der Waals surface area contributed by atoms with Crippen molar-refractivity contribution in [1.82, 2.24) is 9.71 Å². The van der Waals surface area contributed by atoms with Gasteiger partial charge in [-0.25, -0.2) is 13.1 Å². The molecule has 0 bridgehead atoms. The minimum Gasteiger partial charge on any atom is -0.371 e. The number of nitrogens with one attached hydrogen (secondary N) is 1. The molecule has 140 valence electrons. The predicted octanol–water partition coefficient (Wildman–Crippen LogP) is 3.43. The van der Waals surface area contributed by atoms with Crippen LogP contribution in [0.15, 0.2) is 71.9 Å². The largest absolute Gasteiger partial charge is 0.371 e. The van der Waals surface area contributed by atoms with E-state index in [0.29, 0.717) is 17.4 Å². The average molecular weight is 382 g/mol. The quantitative estimate of drug-likeness (QED) is 0.735. The molecule has 2 heterocycles. The third-order valence-corrected chi connectivity index (χ3v) is 6.73. The molecule has 4 rings (SSSR count). The molecule has 0 aliphatic carbocycles. The lowest BCUT2D eigenvalue weighted by Gasteiger charge is -2.33. The number of hydrogen-bond acceptors (Lipinski definition) is 4. The minimum atomic E-state index is -3.52. The van der Waals surface area contributed by atoms with Gasteiger partial charge in [-0.05, 0) is 42.3 Å². The fourth-order valence-electron chi connectivity index (χ4n) is 3.69. The summed E-state index contributed by atoms with van der Waals surface area (Å²) in [5.74, 6) is 0.354. The second-order valence-corrected chi connectivity index (χ2v) is 8.70. The number of fused-ring (bicyclic) bond motifs is 1. The van der Waals surface area contributed by atoms with Crippen molar-refractivity contribution in [2.75, 3.05) is 24.5 Å². The molecular formula is C21H23N3O2S. The molecule has 1 aliphatic rings. The Morgan fingerprint density at radius 2 is 1.67 bits per heavy atom. The van der Waals surface area contributed by atoms with Gasteiger partial charge in [0, 0.05) is 43.1 Å². The maximum atomic E-state index is 12.8. The molecule has 3 aromatic rings. The van der Waals surface area contributed by atoms with Crippen molar-refractivity contribution in [3.05, 3.63) is 67.0 Å². The number of nitrogens with zero attached hydrogens (tertiary/aromatic N) is 2. The number of piperidine rings is 1. The summed E-state index contributed by atoms with van der Waals surface area (Å²) in [5.41, 5.74) is 1.18. The van der Waals surface area contributed by atoms with Crippen molar-refractivity contribution in [3.8, 4) is 0 Å². The van der Waals surface area contributed by atoms with Gasteiger partial charge in [-0.3, -0.25) is 4.98 Å². The molecule has 0 amide bonds. The summed E-state index contributed by atoms with van der Waals surface area (Å²) in [7, 11) is -3.52. The zero-order chi connectivity index (χ0) is 18.7. The van der Waals surface area contributed by atoms with Crippen LogP contribution in [0.3, 0.4) is 0 Å². The molecule has 0 atom stereocenters. The molecule has 1 saturated heterocycles. The van der Waals surface area contributed by atoms with E-state index < -0.39 is 10.0 Å². The highest BCUT2D eigenvalue weighted by Gasteiger charge is 2.23. The van der Waals surface area contributed by atoms with Gasteiger partial charge >= 0.3 is 0 Å². The number of rotatable bonds is 5. The van der Waals surface area contributed by atoms with Crippen molar-refractivity contribution < 1.29 is 8.42 Å². The molecule has 5 nitrogen and oxygen atoms in total. The Hall–Kier alpha value is -2.44. The number of anilines is 1. The molecule has 0 unspecified atom stereocenters. The summed E-state index contributed by atoms with van der Waals surface area (Å²) < 4.78 is 28.5. The van der Waals surface area contributed by atoms with E-state index in [0.717, 1.165) is 36.7 Å². The molecule has 0 radical (unpaired) electrons. The Morgan fingerprint density at radius 3 is 2.44 bits per heavy atom. The van der Waals surface area contributed by atoms with Crippen LogP contribution < -0.4 is 9.62 Å². The molecule has 6 heteroatoms. The molecule has 2 aromatic carbocycles. The number of aromatic nitrogens is 1. The SMILES string of the molecule is O=S(=O)(NCC1CCN(c2ccncc2)CC1)c1cccc2ccccc12. The van der Waals surface area contributed by atoms with E-state index in [2.05, 4.69) is 14.6 Å². The lowest BCUT2D eigenvalue weighted by atomic mass is 9.97. The van der Waals surface area contributed by atoms with Crippen LogP contribution >= 0.6 is 0 Å². The molecule has 1 fully saturated rings. The molecule has 1 aliphatic heterocycles. The Labute approximate surface area is 160 Å².